The Morgan fingerprint density at radius 2 is 1.94 bits per heavy atom. The van der Waals surface area contributed by atoms with Gasteiger partial charge in [0.2, 0.25) is 0 Å². The minimum Gasteiger partial charge on any atom is -0.314 e. The Kier molecular flexibility index (Phi) is 4.45. The van der Waals surface area contributed by atoms with Gasteiger partial charge in [-0.2, -0.15) is 0 Å². The second-order valence-corrected chi connectivity index (χ2v) is 6.41. The lowest BCUT2D eigenvalue weighted by Crippen LogP contribution is -2.37. The Morgan fingerprint density at radius 1 is 1.22 bits per heavy atom. The van der Waals surface area contributed by atoms with Crippen molar-refractivity contribution < 1.29 is 0 Å². The van der Waals surface area contributed by atoms with Gasteiger partial charge in [-0.15, -0.1) is 0 Å². The van der Waals surface area contributed by atoms with Crippen LogP contribution in [0.3, 0.4) is 0 Å². The van der Waals surface area contributed by atoms with Crippen LogP contribution in [0.5, 0.6) is 0 Å². The number of benzene rings is 1. The van der Waals surface area contributed by atoms with Crippen molar-refractivity contribution in [3.05, 3.63) is 35.4 Å². The molecule has 0 radical (unpaired) electrons. The van der Waals surface area contributed by atoms with Crippen molar-refractivity contribution in [1.29, 1.82) is 0 Å². The molecule has 100 valence electrons. The van der Waals surface area contributed by atoms with Gasteiger partial charge in [-0.3, -0.25) is 0 Å². The lowest BCUT2D eigenvalue weighted by atomic mass is 9.79. The summed E-state index contributed by atoms with van der Waals surface area (Å²) in [5.41, 5.74) is 3.41. The highest BCUT2D eigenvalue weighted by atomic mass is 14.9. The van der Waals surface area contributed by atoms with Gasteiger partial charge in [-0.1, -0.05) is 56.5 Å². The van der Waals surface area contributed by atoms with Crippen molar-refractivity contribution in [2.75, 3.05) is 6.54 Å². The van der Waals surface area contributed by atoms with Crippen molar-refractivity contribution in [2.45, 2.75) is 58.9 Å². The maximum Gasteiger partial charge on any atom is 0.00134 e. The normalized spacial score (nSPS) is 18.4. The van der Waals surface area contributed by atoms with Gasteiger partial charge in [0.1, 0.15) is 0 Å². The van der Waals surface area contributed by atoms with Crippen molar-refractivity contribution >= 4 is 0 Å². The second kappa shape index (κ2) is 5.88. The highest BCUT2D eigenvalue weighted by molar-refractivity contribution is 5.23. The Hall–Kier alpha value is -0.820. The van der Waals surface area contributed by atoms with Crippen LogP contribution < -0.4 is 5.32 Å². The Labute approximate surface area is 112 Å². The van der Waals surface area contributed by atoms with Crippen molar-refractivity contribution in [3.8, 4) is 0 Å². The van der Waals surface area contributed by atoms with Crippen molar-refractivity contribution in [1.82, 2.24) is 5.32 Å². The molecule has 0 saturated heterocycles. The van der Waals surface area contributed by atoms with E-state index in [4.69, 9.17) is 0 Å². The maximum atomic E-state index is 3.66. The van der Waals surface area contributed by atoms with E-state index in [0.717, 1.165) is 0 Å². The minimum absolute atomic E-state index is 0.512. The average Bonchev–Trinajstić information content (AvgIpc) is 2.76. The molecule has 1 aromatic carbocycles. The molecule has 0 aromatic heterocycles. The van der Waals surface area contributed by atoms with Crippen molar-refractivity contribution in [2.24, 2.45) is 5.41 Å². The number of hydrogen-bond acceptors (Lipinski definition) is 1. The Balaban J connectivity index is 2.06. The molecule has 1 fully saturated rings. The van der Waals surface area contributed by atoms with Gasteiger partial charge in [-0.05, 0) is 37.2 Å². The average molecular weight is 245 g/mol. The molecule has 0 aliphatic heterocycles. The van der Waals surface area contributed by atoms with E-state index in [0.29, 0.717) is 11.5 Å². The summed E-state index contributed by atoms with van der Waals surface area (Å²) in [6, 6.07) is 9.64. The summed E-state index contributed by atoms with van der Waals surface area (Å²) in [6.07, 6.45) is 6.84. The molecule has 0 bridgehead atoms. The zero-order valence-corrected chi connectivity index (χ0v) is 12.1. The zero-order valence-electron chi connectivity index (χ0n) is 12.1. The fraction of sp³-hybridized carbons (Fsp3) is 0.647. The summed E-state index contributed by atoms with van der Waals surface area (Å²) in [7, 11) is 0. The Morgan fingerprint density at radius 3 is 2.56 bits per heavy atom. The van der Waals surface area contributed by atoms with E-state index < -0.39 is 0 Å². The number of rotatable bonds is 5. The molecule has 1 nitrogen and oxygen atoms in total. The van der Waals surface area contributed by atoms with Gasteiger partial charge in [0, 0.05) is 12.6 Å². The standard InChI is InChI=1S/C17H27N/c1-14(2)18-13-17(9-4-5-10-17)12-16-8-6-7-15(3)11-16/h6-8,11,14,18H,4-5,9-10,12-13H2,1-3H3. The lowest BCUT2D eigenvalue weighted by Gasteiger charge is -2.31. The van der Waals surface area contributed by atoms with Crippen LogP contribution in [0.25, 0.3) is 0 Å². The van der Waals surface area contributed by atoms with Crippen molar-refractivity contribution in [3.63, 3.8) is 0 Å². The summed E-state index contributed by atoms with van der Waals surface area (Å²) in [5, 5.41) is 3.66. The van der Waals surface area contributed by atoms with E-state index in [1.807, 2.05) is 0 Å². The highest BCUT2D eigenvalue weighted by Crippen LogP contribution is 2.40. The van der Waals surface area contributed by atoms with Crippen LogP contribution in [0.15, 0.2) is 24.3 Å². The summed E-state index contributed by atoms with van der Waals surface area (Å²) < 4.78 is 0. The van der Waals surface area contributed by atoms with Crippen LogP contribution in [0.4, 0.5) is 0 Å². The summed E-state index contributed by atoms with van der Waals surface area (Å²) in [6.45, 7) is 7.86. The van der Waals surface area contributed by atoms with E-state index in [-0.39, 0.29) is 0 Å². The first-order chi connectivity index (χ1) is 8.60. The van der Waals surface area contributed by atoms with Gasteiger partial charge in [0.15, 0.2) is 0 Å². The van der Waals surface area contributed by atoms with Crippen LogP contribution >= 0.6 is 0 Å². The lowest BCUT2D eigenvalue weighted by molar-refractivity contribution is 0.269. The maximum absolute atomic E-state index is 3.66. The van der Waals surface area contributed by atoms with E-state index in [1.165, 1.54) is 49.8 Å². The molecule has 0 spiro atoms. The zero-order chi connectivity index (χ0) is 13.0. The summed E-state index contributed by atoms with van der Waals surface area (Å²) in [4.78, 5) is 0. The predicted molar refractivity (Wildman–Crippen MR) is 78.9 cm³/mol. The molecule has 1 aromatic rings. The SMILES string of the molecule is Cc1cccc(CC2(CNC(C)C)CCCC2)c1. The first-order valence-corrected chi connectivity index (χ1v) is 7.39. The molecule has 0 unspecified atom stereocenters. The summed E-state index contributed by atoms with van der Waals surface area (Å²) in [5.74, 6) is 0. The smallest absolute Gasteiger partial charge is 0.00134 e. The molecule has 1 aliphatic carbocycles. The predicted octanol–water partition coefficient (Wildman–Crippen LogP) is 4.10. The van der Waals surface area contributed by atoms with E-state index >= 15 is 0 Å². The van der Waals surface area contributed by atoms with Gasteiger partial charge in [0.25, 0.3) is 0 Å². The second-order valence-electron chi connectivity index (χ2n) is 6.41. The fourth-order valence-electron chi connectivity index (χ4n) is 3.22. The fourth-order valence-corrected chi connectivity index (χ4v) is 3.22. The summed E-state index contributed by atoms with van der Waals surface area (Å²) >= 11 is 0. The third-order valence-electron chi connectivity index (χ3n) is 4.21. The molecule has 1 aliphatic rings. The monoisotopic (exact) mass is 245 g/mol. The third kappa shape index (κ3) is 3.58. The van der Waals surface area contributed by atoms with Crippen LogP contribution in [0.2, 0.25) is 0 Å². The first-order valence-electron chi connectivity index (χ1n) is 7.39. The number of aryl methyl sites for hydroxylation is 1. The van der Waals surface area contributed by atoms with Gasteiger partial charge >= 0.3 is 0 Å². The van der Waals surface area contributed by atoms with Gasteiger partial charge in [-0.25, -0.2) is 0 Å². The third-order valence-corrected chi connectivity index (χ3v) is 4.21. The van der Waals surface area contributed by atoms with Crippen LogP contribution in [-0.2, 0) is 6.42 Å². The molecule has 1 saturated carbocycles. The van der Waals surface area contributed by atoms with Gasteiger partial charge in [0.05, 0.1) is 0 Å². The number of nitrogens with one attached hydrogen (secondary N) is 1. The molecule has 2 rings (SSSR count). The van der Waals surface area contributed by atoms with E-state index in [1.54, 1.807) is 0 Å². The topological polar surface area (TPSA) is 12.0 Å². The first kappa shape index (κ1) is 13.6. The molecule has 1 N–H and O–H groups in total. The molecule has 0 amide bonds. The number of hydrogen-bond donors (Lipinski definition) is 1. The van der Waals surface area contributed by atoms with Crippen LogP contribution in [0.1, 0.15) is 50.7 Å². The molecule has 18 heavy (non-hydrogen) atoms. The van der Waals surface area contributed by atoms with E-state index in [2.05, 4.69) is 50.4 Å². The minimum atomic E-state index is 0.512. The highest BCUT2D eigenvalue weighted by Gasteiger charge is 2.33. The van der Waals surface area contributed by atoms with E-state index in [9.17, 15) is 0 Å². The quantitative estimate of drug-likeness (QED) is 0.823. The molecular formula is C17H27N. The molecular weight excluding hydrogens is 218 g/mol. The van der Waals surface area contributed by atoms with Crippen LogP contribution in [0, 0.1) is 12.3 Å². The largest absolute Gasteiger partial charge is 0.314 e. The van der Waals surface area contributed by atoms with Gasteiger partial charge < -0.3 is 5.32 Å². The molecule has 0 atom stereocenters. The molecule has 1 heteroatoms. The Bertz CT molecular complexity index is 375. The van der Waals surface area contributed by atoms with Crippen LogP contribution in [-0.4, -0.2) is 12.6 Å². The molecule has 0 heterocycles.